The van der Waals surface area contributed by atoms with Gasteiger partial charge in [-0.05, 0) is 32.0 Å². The van der Waals surface area contributed by atoms with E-state index in [9.17, 15) is 4.79 Å². The van der Waals surface area contributed by atoms with Gasteiger partial charge in [0.1, 0.15) is 11.5 Å². The maximum atomic E-state index is 13.3. The van der Waals surface area contributed by atoms with Gasteiger partial charge in [-0.15, -0.1) is 0 Å². The second-order valence-electron chi connectivity index (χ2n) is 7.01. The molecule has 2 heterocycles. The maximum Gasteiger partial charge on any atom is 0.256 e. The molecular weight excluding hydrogens is 416 g/mol. The van der Waals surface area contributed by atoms with Gasteiger partial charge >= 0.3 is 0 Å². The van der Waals surface area contributed by atoms with Crippen LogP contribution < -0.4 is 14.8 Å². The number of halogens is 1. The number of hydrogen-bond acceptors (Lipinski definition) is 5. The highest BCUT2D eigenvalue weighted by Gasteiger charge is 2.21. The van der Waals surface area contributed by atoms with Crippen LogP contribution in [0.1, 0.15) is 21.7 Å². The highest BCUT2D eigenvalue weighted by atomic mass is 35.5. The van der Waals surface area contributed by atoms with Crippen LogP contribution in [0.2, 0.25) is 5.02 Å². The molecule has 0 spiro atoms. The summed E-state index contributed by atoms with van der Waals surface area (Å²) in [5.41, 5.74) is 3.66. The van der Waals surface area contributed by atoms with Gasteiger partial charge in [0.25, 0.3) is 5.91 Å². The number of nitrogens with one attached hydrogen (secondary N) is 1. The van der Waals surface area contributed by atoms with Gasteiger partial charge in [-0.3, -0.25) is 4.79 Å². The molecule has 31 heavy (non-hydrogen) atoms. The molecule has 4 rings (SSSR count). The van der Waals surface area contributed by atoms with Crippen LogP contribution >= 0.6 is 11.6 Å². The van der Waals surface area contributed by atoms with E-state index >= 15 is 0 Å². The van der Waals surface area contributed by atoms with Crippen molar-refractivity contribution >= 4 is 34.2 Å². The van der Waals surface area contributed by atoms with E-state index in [0.717, 1.165) is 0 Å². The summed E-state index contributed by atoms with van der Waals surface area (Å²) in [4.78, 5) is 17.9. The minimum atomic E-state index is -0.285. The number of para-hydroxylation sites is 1. The van der Waals surface area contributed by atoms with E-state index in [2.05, 4.69) is 15.4 Å². The van der Waals surface area contributed by atoms with Crippen LogP contribution in [0.15, 0.2) is 48.5 Å². The lowest BCUT2D eigenvalue weighted by atomic mass is 10.1. The summed E-state index contributed by atoms with van der Waals surface area (Å²) >= 11 is 6.38. The lowest BCUT2D eigenvalue weighted by molar-refractivity contribution is 0.102. The Bertz CT molecular complexity index is 1280. The highest BCUT2D eigenvalue weighted by Crippen LogP contribution is 2.30. The number of carbonyl (C=O) groups is 1. The molecule has 7 nitrogen and oxygen atoms in total. The molecule has 0 saturated heterocycles. The van der Waals surface area contributed by atoms with Gasteiger partial charge < -0.3 is 14.8 Å². The number of aromatic nitrogens is 3. The molecule has 0 fully saturated rings. The Morgan fingerprint density at radius 3 is 2.35 bits per heavy atom. The molecule has 0 unspecified atom stereocenters. The molecule has 0 aliphatic carbocycles. The van der Waals surface area contributed by atoms with Crippen molar-refractivity contribution in [2.45, 2.75) is 13.8 Å². The van der Waals surface area contributed by atoms with Crippen molar-refractivity contribution in [2.24, 2.45) is 0 Å². The Labute approximate surface area is 184 Å². The van der Waals surface area contributed by atoms with Crippen LogP contribution in [-0.2, 0) is 0 Å². The normalized spacial score (nSPS) is 10.9. The van der Waals surface area contributed by atoms with Crippen LogP contribution in [0.5, 0.6) is 11.5 Å². The average molecular weight is 437 g/mol. The summed E-state index contributed by atoms with van der Waals surface area (Å²) in [6.45, 7) is 3.68. The van der Waals surface area contributed by atoms with E-state index in [0.29, 0.717) is 55.9 Å². The van der Waals surface area contributed by atoms with Crippen LogP contribution in [0.25, 0.3) is 16.7 Å². The number of anilines is 1. The molecule has 2 aromatic carbocycles. The number of hydrogen-bond donors (Lipinski definition) is 1. The van der Waals surface area contributed by atoms with Crippen molar-refractivity contribution in [3.05, 3.63) is 70.5 Å². The molecule has 8 heteroatoms. The zero-order chi connectivity index (χ0) is 22.1. The molecule has 0 radical (unpaired) electrons. The number of fused-ring (bicyclic) bond motifs is 1. The summed E-state index contributed by atoms with van der Waals surface area (Å²) in [6, 6.07) is 14.3. The first-order valence-electron chi connectivity index (χ1n) is 9.57. The highest BCUT2D eigenvalue weighted by molar-refractivity contribution is 6.32. The van der Waals surface area contributed by atoms with Gasteiger partial charge in [0.05, 0.1) is 41.6 Å². The standard InChI is InChI=1S/C23H21ClN4O3/c1-13-9-18(23(29)26-15-10-16(30-3)12-17(11-15)31-4)21-14(2)27-28(22(21)25-13)20-8-6-5-7-19(20)24/h5-12H,1-4H3,(H,26,29). The number of aryl methyl sites for hydroxylation is 2. The minimum absolute atomic E-state index is 0.285. The van der Waals surface area contributed by atoms with Gasteiger partial charge in [0, 0.05) is 29.6 Å². The summed E-state index contributed by atoms with van der Waals surface area (Å²) in [6.07, 6.45) is 0. The molecule has 0 atom stereocenters. The SMILES string of the molecule is COc1cc(NC(=O)c2cc(C)nc3c2c(C)nn3-c2ccccc2Cl)cc(OC)c1. The number of ether oxygens (including phenoxy) is 2. The van der Waals surface area contributed by atoms with Crippen LogP contribution in [0.4, 0.5) is 5.69 Å². The lowest BCUT2D eigenvalue weighted by Crippen LogP contribution is -2.13. The van der Waals surface area contributed by atoms with E-state index in [1.807, 2.05) is 32.0 Å². The van der Waals surface area contributed by atoms with Crippen molar-refractivity contribution in [2.75, 3.05) is 19.5 Å². The Kier molecular flexibility index (Phi) is 5.52. The number of carbonyl (C=O) groups excluding carboxylic acids is 1. The Balaban J connectivity index is 1.82. The fourth-order valence-electron chi connectivity index (χ4n) is 3.46. The summed E-state index contributed by atoms with van der Waals surface area (Å²) < 4.78 is 12.3. The molecule has 1 amide bonds. The van der Waals surface area contributed by atoms with Crippen molar-refractivity contribution < 1.29 is 14.3 Å². The van der Waals surface area contributed by atoms with Crippen molar-refractivity contribution in [1.82, 2.24) is 14.8 Å². The zero-order valence-electron chi connectivity index (χ0n) is 17.6. The van der Waals surface area contributed by atoms with Gasteiger partial charge in [-0.2, -0.15) is 5.10 Å². The first-order valence-corrected chi connectivity index (χ1v) is 9.95. The number of amides is 1. The maximum absolute atomic E-state index is 13.3. The average Bonchev–Trinajstić information content (AvgIpc) is 3.09. The molecular formula is C23H21ClN4O3. The molecule has 0 saturated carbocycles. The quantitative estimate of drug-likeness (QED) is 0.478. The van der Waals surface area contributed by atoms with E-state index < -0.39 is 0 Å². The summed E-state index contributed by atoms with van der Waals surface area (Å²) in [7, 11) is 3.12. The fraction of sp³-hybridized carbons (Fsp3) is 0.174. The minimum Gasteiger partial charge on any atom is -0.497 e. The van der Waals surface area contributed by atoms with Crippen LogP contribution in [0.3, 0.4) is 0 Å². The molecule has 1 N–H and O–H groups in total. The lowest BCUT2D eigenvalue weighted by Gasteiger charge is -2.11. The smallest absolute Gasteiger partial charge is 0.256 e. The number of methoxy groups -OCH3 is 2. The molecule has 0 bridgehead atoms. The van der Waals surface area contributed by atoms with Gasteiger partial charge in [-0.1, -0.05) is 23.7 Å². The largest absolute Gasteiger partial charge is 0.497 e. The second kappa shape index (κ2) is 8.28. The second-order valence-corrected chi connectivity index (χ2v) is 7.42. The third-order valence-electron chi connectivity index (χ3n) is 4.88. The topological polar surface area (TPSA) is 78.3 Å². The number of rotatable bonds is 5. The monoisotopic (exact) mass is 436 g/mol. The van der Waals surface area contributed by atoms with Crippen LogP contribution in [0, 0.1) is 13.8 Å². The molecule has 2 aromatic heterocycles. The predicted octanol–water partition coefficient (Wildman–Crippen LogP) is 4.96. The van der Waals surface area contributed by atoms with E-state index in [1.54, 1.807) is 49.2 Å². The first kappa shape index (κ1) is 20.7. The fourth-order valence-corrected chi connectivity index (χ4v) is 3.68. The number of benzene rings is 2. The van der Waals surface area contributed by atoms with Gasteiger partial charge in [0.2, 0.25) is 0 Å². The first-order chi connectivity index (χ1) is 14.9. The van der Waals surface area contributed by atoms with Crippen molar-refractivity contribution in [1.29, 1.82) is 0 Å². The number of pyridine rings is 1. The number of nitrogens with zero attached hydrogens (tertiary/aromatic N) is 3. The summed E-state index contributed by atoms with van der Waals surface area (Å²) in [5, 5.41) is 8.75. The molecule has 0 aliphatic rings. The Morgan fingerprint density at radius 2 is 1.71 bits per heavy atom. The Hall–Kier alpha value is -3.58. The molecule has 4 aromatic rings. The van der Waals surface area contributed by atoms with Gasteiger partial charge in [0.15, 0.2) is 5.65 Å². The third-order valence-corrected chi connectivity index (χ3v) is 5.20. The van der Waals surface area contributed by atoms with E-state index in [-0.39, 0.29) is 5.91 Å². The third kappa shape index (κ3) is 3.92. The summed E-state index contributed by atoms with van der Waals surface area (Å²) in [5.74, 6) is 0.870. The van der Waals surface area contributed by atoms with Crippen molar-refractivity contribution in [3.8, 4) is 17.2 Å². The van der Waals surface area contributed by atoms with E-state index in [1.165, 1.54) is 0 Å². The molecule has 158 valence electrons. The predicted molar refractivity (Wildman–Crippen MR) is 121 cm³/mol. The molecule has 0 aliphatic heterocycles. The zero-order valence-corrected chi connectivity index (χ0v) is 18.3. The Morgan fingerprint density at radius 1 is 1.03 bits per heavy atom. The van der Waals surface area contributed by atoms with Crippen molar-refractivity contribution in [3.63, 3.8) is 0 Å². The van der Waals surface area contributed by atoms with Gasteiger partial charge in [-0.25, -0.2) is 9.67 Å². The van der Waals surface area contributed by atoms with E-state index in [4.69, 9.17) is 21.1 Å². The van der Waals surface area contributed by atoms with Crippen LogP contribution in [-0.4, -0.2) is 34.9 Å².